The number of aromatic nitrogens is 1. The number of nitrogens with zero attached hydrogens (tertiary/aromatic N) is 2. The van der Waals surface area contributed by atoms with Crippen LogP contribution in [0.4, 0.5) is 11.4 Å². The van der Waals surface area contributed by atoms with Crippen molar-refractivity contribution in [2.75, 3.05) is 24.3 Å². The second-order valence-corrected chi connectivity index (χ2v) is 6.99. The quantitative estimate of drug-likeness (QED) is 0.750. The summed E-state index contributed by atoms with van der Waals surface area (Å²) >= 11 is 0. The van der Waals surface area contributed by atoms with Crippen molar-refractivity contribution in [2.24, 2.45) is 0 Å². The lowest BCUT2D eigenvalue weighted by molar-refractivity contribution is 0.102. The van der Waals surface area contributed by atoms with E-state index in [4.69, 9.17) is 0 Å². The van der Waals surface area contributed by atoms with Crippen LogP contribution >= 0.6 is 0 Å². The molecule has 0 atom stereocenters. The van der Waals surface area contributed by atoms with Crippen molar-refractivity contribution >= 4 is 28.2 Å². The van der Waals surface area contributed by atoms with Gasteiger partial charge in [0.1, 0.15) is 11.3 Å². The molecule has 2 N–H and O–H groups in total. The molecular formula is C21H21N3O3. The molecule has 1 aromatic heterocycles. The summed E-state index contributed by atoms with van der Waals surface area (Å²) in [6, 6.07) is 12.8. The molecule has 1 aliphatic rings. The first-order chi connectivity index (χ1) is 13.0. The number of rotatable bonds is 3. The van der Waals surface area contributed by atoms with Gasteiger partial charge in [-0.2, -0.15) is 0 Å². The highest BCUT2D eigenvalue weighted by atomic mass is 16.3. The summed E-state index contributed by atoms with van der Waals surface area (Å²) in [6.45, 7) is 0.546. The molecule has 2 heterocycles. The van der Waals surface area contributed by atoms with E-state index in [1.807, 2.05) is 43.3 Å². The number of hydrogen-bond acceptors (Lipinski definition) is 4. The zero-order valence-corrected chi connectivity index (χ0v) is 15.3. The van der Waals surface area contributed by atoms with Gasteiger partial charge in [0.15, 0.2) is 0 Å². The predicted octanol–water partition coefficient (Wildman–Crippen LogP) is 2.97. The van der Waals surface area contributed by atoms with E-state index in [1.54, 1.807) is 22.8 Å². The highest BCUT2D eigenvalue weighted by Gasteiger charge is 2.25. The van der Waals surface area contributed by atoms with Gasteiger partial charge in [0, 0.05) is 37.4 Å². The predicted molar refractivity (Wildman–Crippen MR) is 107 cm³/mol. The minimum Gasteiger partial charge on any atom is -0.506 e. The minimum absolute atomic E-state index is 0.210. The zero-order chi connectivity index (χ0) is 19.1. The van der Waals surface area contributed by atoms with Crippen molar-refractivity contribution in [3.05, 3.63) is 63.9 Å². The molecule has 0 saturated heterocycles. The van der Waals surface area contributed by atoms with Crippen LogP contribution < -0.4 is 15.8 Å². The lowest BCUT2D eigenvalue weighted by atomic mass is 9.99. The molecule has 6 heteroatoms. The fourth-order valence-corrected chi connectivity index (χ4v) is 3.66. The molecule has 138 valence electrons. The third-order valence-corrected chi connectivity index (χ3v) is 5.04. The van der Waals surface area contributed by atoms with Crippen molar-refractivity contribution in [2.45, 2.75) is 19.4 Å². The van der Waals surface area contributed by atoms with E-state index in [0.717, 1.165) is 29.6 Å². The fourth-order valence-electron chi connectivity index (χ4n) is 3.66. The molecule has 3 aromatic rings. The van der Waals surface area contributed by atoms with E-state index in [2.05, 4.69) is 5.32 Å². The van der Waals surface area contributed by atoms with Crippen LogP contribution in [0.3, 0.4) is 0 Å². The number of aryl methyl sites for hydroxylation is 2. The normalized spacial score (nSPS) is 12.8. The van der Waals surface area contributed by atoms with Gasteiger partial charge in [0.2, 0.25) is 0 Å². The van der Waals surface area contributed by atoms with Gasteiger partial charge in [0.05, 0.1) is 5.52 Å². The van der Waals surface area contributed by atoms with Crippen molar-refractivity contribution in [3.8, 4) is 5.75 Å². The number of benzene rings is 2. The first-order valence-electron chi connectivity index (χ1n) is 8.93. The van der Waals surface area contributed by atoms with Crippen molar-refractivity contribution in [1.82, 2.24) is 4.57 Å². The summed E-state index contributed by atoms with van der Waals surface area (Å²) in [7, 11) is 3.86. The fraction of sp³-hybridized carbons (Fsp3) is 0.238. The van der Waals surface area contributed by atoms with Crippen LogP contribution in [0.15, 0.2) is 47.3 Å². The summed E-state index contributed by atoms with van der Waals surface area (Å²) in [4.78, 5) is 27.7. The lowest BCUT2D eigenvalue weighted by Crippen LogP contribution is -2.31. The van der Waals surface area contributed by atoms with Gasteiger partial charge in [-0.1, -0.05) is 12.1 Å². The maximum atomic E-state index is 12.9. The minimum atomic E-state index is -0.600. The van der Waals surface area contributed by atoms with Crippen molar-refractivity contribution < 1.29 is 9.90 Å². The average Bonchev–Trinajstić information content (AvgIpc) is 2.66. The summed E-state index contributed by atoms with van der Waals surface area (Å²) < 4.78 is 1.61. The van der Waals surface area contributed by atoms with E-state index < -0.39 is 11.5 Å². The Kier molecular flexibility index (Phi) is 4.11. The monoisotopic (exact) mass is 363 g/mol. The summed E-state index contributed by atoms with van der Waals surface area (Å²) in [5.74, 6) is -0.853. The molecular weight excluding hydrogens is 342 g/mol. The maximum Gasteiger partial charge on any atom is 0.267 e. The van der Waals surface area contributed by atoms with E-state index in [0.29, 0.717) is 17.6 Å². The maximum absolute atomic E-state index is 12.9. The zero-order valence-electron chi connectivity index (χ0n) is 15.3. The van der Waals surface area contributed by atoms with Gasteiger partial charge in [-0.15, -0.1) is 0 Å². The Morgan fingerprint density at radius 1 is 1.15 bits per heavy atom. The molecule has 1 amide bonds. The highest BCUT2D eigenvalue weighted by Crippen LogP contribution is 2.32. The van der Waals surface area contributed by atoms with Crippen molar-refractivity contribution in [1.29, 1.82) is 0 Å². The Hall–Kier alpha value is -3.28. The third-order valence-electron chi connectivity index (χ3n) is 5.04. The van der Waals surface area contributed by atoms with Gasteiger partial charge in [-0.3, -0.25) is 9.59 Å². The Balaban J connectivity index is 1.77. The van der Waals surface area contributed by atoms with E-state index in [1.165, 1.54) is 0 Å². The number of anilines is 2. The summed E-state index contributed by atoms with van der Waals surface area (Å²) in [6.07, 6.45) is 1.70. The lowest BCUT2D eigenvalue weighted by Gasteiger charge is -2.21. The van der Waals surface area contributed by atoms with Gasteiger partial charge in [0.25, 0.3) is 11.5 Å². The molecule has 0 saturated carbocycles. The van der Waals surface area contributed by atoms with E-state index in [-0.39, 0.29) is 11.3 Å². The molecule has 0 fully saturated rings. The second-order valence-electron chi connectivity index (χ2n) is 6.99. The van der Waals surface area contributed by atoms with Crippen LogP contribution in [0.5, 0.6) is 5.75 Å². The number of para-hydroxylation sites is 1. The summed E-state index contributed by atoms with van der Waals surface area (Å²) in [5.41, 5.74) is 2.67. The van der Waals surface area contributed by atoms with Gasteiger partial charge >= 0.3 is 0 Å². The second kappa shape index (κ2) is 6.46. The molecule has 0 aliphatic carbocycles. The molecule has 1 aliphatic heterocycles. The third kappa shape index (κ3) is 2.83. The number of nitrogens with one attached hydrogen (secondary N) is 1. The van der Waals surface area contributed by atoms with Gasteiger partial charge < -0.3 is 19.9 Å². The van der Waals surface area contributed by atoms with Crippen LogP contribution in [-0.4, -0.2) is 29.7 Å². The number of aromatic hydroxyl groups is 1. The molecule has 6 nitrogen and oxygen atoms in total. The van der Waals surface area contributed by atoms with Crippen LogP contribution in [0.25, 0.3) is 10.9 Å². The molecule has 0 unspecified atom stereocenters. The standard InChI is InChI=1S/C21H21N3O3/c1-23(2)15-10-8-14(9-11-15)22-20(26)17-19(25)16-7-3-5-13-6-4-12-24(18(13)16)21(17)27/h3,5,7-11,25H,4,6,12H2,1-2H3,(H,22,26). The Morgan fingerprint density at radius 2 is 1.89 bits per heavy atom. The molecule has 2 aromatic carbocycles. The molecule has 0 bridgehead atoms. The first-order valence-corrected chi connectivity index (χ1v) is 8.93. The SMILES string of the molecule is CN(C)c1ccc(NC(=O)c2c(O)c3cccc4c3n(c2=O)CCC4)cc1. The Labute approximate surface area is 156 Å². The highest BCUT2D eigenvalue weighted by molar-refractivity contribution is 6.09. The number of amides is 1. The van der Waals surface area contributed by atoms with Gasteiger partial charge in [-0.25, -0.2) is 0 Å². The molecule has 27 heavy (non-hydrogen) atoms. The molecule has 0 spiro atoms. The van der Waals surface area contributed by atoms with Crippen LogP contribution in [0, 0.1) is 0 Å². The Bertz CT molecular complexity index is 1100. The average molecular weight is 363 g/mol. The van der Waals surface area contributed by atoms with Crippen LogP contribution in [0.1, 0.15) is 22.3 Å². The largest absolute Gasteiger partial charge is 0.506 e. The van der Waals surface area contributed by atoms with E-state index >= 15 is 0 Å². The smallest absolute Gasteiger partial charge is 0.267 e. The first kappa shape index (κ1) is 17.1. The molecule has 0 radical (unpaired) electrons. The summed E-state index contributed by atoms with van der Waals surface area (Å²) in [5, 5.41) is 13.9. The topological polar surface area (TPSA) is 74.6 Å². The molecule has 4 rings (SSSR count). The number of hydrogen-bond donors (Lipinski definition) is 2. The number of carbonyl (C=O) groups excluding carboxylic acids is 1. The van der Waals surface area contributed by atoms with Crippen LogP contribution in [0.2, 0.25) is 0 Å². The Morgan fingerprint density at radius 3 is 2.59 bits per heavy atom. The number of pyridine rings is 1. The van der Waals surface area contributed by atoms with Gasteiger partial charge in [-0.05, 0) is 48.7 Å². The van der Waals surface area contributed by atoms with E-state index in [9.17, 15) is 14.7 Å². The van der Waals surface area contributed by atoms with Crippen LogP contribution in [-0.2, 0) is 13.0 Å². The van der Waals surface area contributed by atoms with Crippen molar-refractivity contribution in [3.63, 3.8) is 0 Å². The number of carbonyl (C=O) groups is 1.